The van der Waals surface area contributed by atoms with Gasteiger partial charge in [0.25, 0.3) is 0 Å². The summed E-state index contributed by atoms with van der Waals surface area (Å²) in [6, 6.07) is 5.22. The van der Waals surface area contributed by atoms with E-state index in [9.17, 15) is 9.59 Å². The molecule has 3 rings (SSSR count). The molecule has 18 heavy (non-hydrogen) atoms. The summed E-state index contributed by atoms with van der Waals surface area (Å²) in [6.07, 6.45) is 0. The quantitative estimate of drug-likeness (QED) is 0.571. The Labute approximate surface area is 100 Å². The van der Waals surface area contributed by atoms with Crippen LogP contribution in [0, 0.1) is 6.92 Å². The number of rotatable bonds is 0. The van der Waals surface area contributed by atoms with E-state index in [1.807, 2.05) is 13.0 Å². The third-order valence-electron chi connectivity index (χ3n) is 2.81. The van der Waals surface area contributed by atoms with E-state index in [1.54, 1.807) is 12.1 Å². The Morgan fingerprint density at radius 3 is 2.89 bits per heavy atom. The SMILES string of the molecule is Cc1cccc2c(=O)c3c(N)[nH]c(=O)nc3oc12. The Kier molecular flexibility index (Phi) is 2.00. The fourth-order valence-electron chi connectivity index (χ4n) is 1.96. The number of aryl methyl sites for hydroxylation is 1. The average molecular weight is 243 g/mol. The normalized spacial score (nSPS) is 11.2. The molecule has 2 heterocycles. The summed E-state index contributed by atoms with van der Waals surface area (Å²) in [4.78, 5) is 29.4. The van der Waals surface area contributed by atoms with Gasteiger partial charge in [0, 0.05) is 0 Å². The molecule has 0 saturated carbocycles. The highest BCUT2D eigenvalue weighted by Gasteiger charge is 2.13. The Hall–Kier alpha value is -2.63. The maximum Gasteiger partial charge on any atom is 0.349 e. The zero-order valence-electron chi connectivity index (χ0n) is 9.48. The molecule has 2 aromatic heterocycles. The van der Waals surface area contributed by atoms with Crippen LogP contribution in [-0.2, 0) is 0 Å². The van der Waals surface area contributed by atoms with Gasteiger partial charge in [0.15, 0.2) is 0 Å². The Morgan fingerprint density at radius 2 is 2.11 bits per heavy atom. The first-order chi connectivity index (χ1) is 8.58. The van der Waals surface area contributed by atoms with Crippen molar-refractivity contribution < 1.29 is 4.42 Å². The lowest BCUT2D eigenvalue weighted by Crippen LogP contribution is -2.17. The van der Waals surface area contributed by atoms with E-state index in [2.05, 4.69) is 9.97 Å². The van der Waals surface area contributed by atoms with E-state index in [0.717, 1.165) is 5.56 Å². The number of hydrogen-bond donors (Lipinski definition) is 2. The van der Waals surface area contributed by atoms with Gasteiger partial charge >= 0.3 is 5.69 Å². The summed E-state index contributed by atoms with van der Waals surface area (Å²) in [7, 11) is 0. The molecule has 6 nitrogen and oxygen atoms in total. The highest BCUT2D eigenvalue weighted by molar-refractivity contribution is 5.93. The molecule has 0 unspecified atom stereocenters. The first-order valence-electron chi connectivity index (χ1n) is 5.30. The third kappa shape index (κ3) is 1.32. The monoisotopic (exact) mass is 243 g/mol. The number of anilines is 1. The number of hydrogen-bond acceptors (Lipinski definition) is 5. The first kappa shape index (κ1) is 10.5. The molecule has 0 aliphatic rings. The standard InChI is InChI=1S/C12H9N3O3/c1-5-3-2-4-6-8(16)7-10(13)14-12(17)15-11(7)18-9(5)6/h2-4H,1H3,(H3,13,14,15,17). The Bertz CT molecular complexity index is 893. The van der Waals surface area contributed by atoms with Gasteiger partial charge < -0.3 is 10.2 Å². The lowest BCUT2D eigenvalue weighted by molar-refractivity contribution is 0.638. The minimum atomic E-state index is -0.643. The topological polar surface area (TPSA) is 102 Å². The number of para-hydroxylation sites is 1. The van der Waals surface area contributed by atoms with Crippen molar-refractivity contribution in [2.24, 2.45) is 0 Å². The average Bonchev–Trinajstić information content (AvgIpc) is 2.30. The molecule has 3 aromatic rings. The molecule has 90 valence electrons. The van der Waals surface area contributed by atoms with Crippen LogP contribution in [0.2, 0.25) is 0 Å². The summed E-state index contributed by atoms with van der Waals surface area (Å²) in [6.45, 7) is 1.81. The van der Waals surface area contributed by atoms with Crippen LogP contribution >= 0.6 is 0 Å². The maximum atomic E-state index is 12.3. The van der Waals surface area contributed by atoms with Crippen molar-refractivity contribution in [2.75, 3.05) is 5.73 Å². The third-order valence-corrected chi connectivity index (χ3v) is 2.81. The predicted octanol–water partition coefficient (Wildman–Crippen LogP) is 0.920. The molecule has 0 amide bonds. The zero-order chi connectivity index (χ0) is 12.9. The van der Waals surface area contributed by atoms with E-state index in [0.29, 0.717) is 11.0 Å². The van der Waals surface area contributed by atoms with Crippen LogP contribution in [0.15, 0.2) is 32.2 Å². The minimum absolute atomic E-state index is 0.0258. The number of benzene rings is 1. The Balaban J connectivity index is 2.70. The fourth-order valence-corrected chi connectivity index (χ4v) is 1.96. The number of nitrogens with two attached hydrogens (primary N) is 1. The van der Waals surface area contributed by atoms with Gasteiger partial charge in [-0.05, 0) is 18.6 Å². The van der Waals surface area contributed by atoms with Gasteiger partial charge in [0.1, 0.15) is 16.8 Å². The van der Waals surface area contributed by atoms with E-state index < -0.39 is 5.69 Å². The van der Waals surface area contributed by atoms with Gasteiger partial charge in [-0.2, -0.15) is 4.98 Å². The van der Waals surface area contributed by atoms with Crippen LogP contribution < -0.4 is 16.9 Å². The molecule has 0 aliphatic heterocycles. The van der Waals surface area contributed by atoms with E-state index >= 15 is 0 Å². The van der Waals surface area contributed by atoms with Crippen LogP contribution in [-0.4, -0.2) is 9.97 Å². The number of aromatic amines is 1. The molecule has 3 N–H and O–H groups in total. The molecule has 0 bridgehead atoms. The van der Waals surface area contributed by atoms with Gasteiger partial charge in [0.05, 0.1) is 5.39 Å². The number of nitrogens with one attached hydrogen (secondary N) is 1. The fraction of sp³-hybridized carbons (Fsp3) is 0.0833. The summed E-state index contributed by atoms with van der Waals surface area (Å²) in [5.41, 5.74) is 5.88. The summed E-state index contributed by atoms with van der Waals surface area (Å²) < 4.78 is 5.51. The molecule has 0 saturated heterocycles. The van der Waals surface area contributed by atoms with Crippen molar-refractivity contribution in [3.8, 4) is 0 Å². The molecule has 0 aliphatic carbocycles. The molecule has 6 heteroatoms. The van der Waals surface area contributed by atoms with Gasteiger partial charge in [-0.25, -0.2) is 4.79 Å². The summed E-state index contributed by atoms with van der Waals surface area (Å²) >= 11 is 0. The molecular formula is C12H9N3O3. The van der Waals surface area contributed by atoms with Gasteiger partial charge in [-0.3, -0.25) is 9.78 Å². The van der Waals surface area contributed by atoms with E-state index in [4.69, 9.17) is 10.2 Å². The van der Waals surface area contributed by atoms with Crippen molar-refractivity contribution in [1.29, 1.82) is 0 Å². The second-order valence-electron chi connectivity index (χ2n) is 4.02. The summed E-state index contributed by atoms with van der Waals surface area (Å²) in [5.74, 6) is -0.0258. The van der Waals surface area contributed by atoms with Gasteiger partial charge in [0.2, 0.25) is 11.1 Å². The highest BCUT2D eigenvalue weighted by Crippen LogP contribution is 2.20. The lowest BCUT2D eigenvalue weighted by atomic mass is 10.1. The number of nitrogens with zero attached hydrogens (tertiary/aromatic N) is 1. The van der Waals surface area contributed by atoms with Crippen molar-refractivity contribution in [3.05, 3.63) is 44.5 Å². The molecule has 0 radical (unpaired) electrons. The van der Waals surface area contributed by atoms with Crippen molar-refractivity contribution in [2.45, 2.75) is 6.92 Å². The van der Waals surface area contributed by atoms with E-state index in [-0.39, 0.29) is 22.3 Å². The van der Waals surface area contributed by atoms with E-state index in [1.165, 1.54) is 0 Å². The van der Waals surface area contributed by atoms with Crippen LogP contribution in [0.3, 0.4) is 0 Å². The number of aromatic nitrogens is 2. The molecule has 0 spiro atoms. The van der Waals surface area contributed by atoms with Crippen molar-refractivity contribution >= 4 is 27.9 Å². The smallest absolute Gasteiger partial charge is 0.349 e. The van der Waals surface area contributed by atoms with Crippen LogP contribution in [0.4, 0.5) is 5.82 Å². The van der Waals surface area contributed by atoms with Gasteiger partial charge in [-0.1, -0.05) is 12.1 Å². The van der Waals surface area contributed by atoms with Crippen molar-refractivity contribution in [1.82, 2.24) is 9.97 Å². The largest absolute Gasteiger partial charge is 0.437 e. The van der Waals surface area contributed by atoms with Crippen LogP contribution in [0.5, 0.6) is 0 Å². The number of H-pyrrole nitrogens is 1. The highest BCUT2D eigenvalue weighted by atomic mass is 16.3. The number of fused-ring (bicyclic) bond motifs is 2. The second-order valence-corrected chi connectivity index (χ2v) is 4.02. The lowest BCUT2D eigenvalue weighted by Gasteiger charge is -2.03. The molecule has 1 aromatic carbocycles. The maximum absolute atomic E-state index is 12.3. The Morgan fingerprint density at radius 1 is 1.33 bits per heavy atom. The van der Waals surface area contributed by atoms with Crippen LogP contribution in [0.25, 0.3) is 22.1 Å². The first-order valence-corrected chi connectivity index (χ1v) is 5.30. The van der Waals surface area contributed by atoms with Crippen molar-refractivity contribution in [3.63, 3.8) is 0 Å². The minimum Gasteiger partial charge on any atom is -0.437 e. The zero-order valence-corrected chi connectivity index (χ0v) is 9.48. The summed E-state index contributed by atoms with van der Waals surface area (Å²) in [5, 5.41) is 0.524. The van der Waals surface area contributed by atoms with Crippen LogP contribution in [0.1, 0.15) is 5.56 Å². The predicted molar refractivity (Wildman–Crippen MR) is 67.6 cm³/mol. The molecule has 0 fully saturated rings. The molecule has 0 atom stereocenters. The number of nitrogen functional groups attached to an aromatic ring is 1. The second kappa shape index (κ2) is 3.43. The van der Waals surface area contributed by atoms with Gasteiger partial charge in [-0.15, -0.1) is 0 Å². The molecular weight excluding hydrogens is 234 g/mol.